The van der Waals surface area contributed by atoms with Crippen molar-refractivity contribution in [3.05, 3.63) is 187 Å². The second-order valence-corrected chi connectivity index (χ2v) is 14.0. The summed E-state index contributed by atoms with van der Waals surface area (Å²) in [5.41, 5.74) is 12.6. The van der Waals surface area contributed by atoms with Gasteiger partial charge in [0.1, 0.15) is 6.07 Å². The molecule has 0 aliphatic heterocycles. The maximum atomic E-state index is 10.2. The van der Waals surface area contributed by atoms with Gasteiger partial charge in [0.2, 0.25) is 0 Å². The zero-order chi connectivity index (χ0) is 36.6. The van der Waals surface area contributed by atoms with E-state index in [1.807, 2.05) is 42.5 Å². The molecule has 11 aromatic rings. The van der Waals surface area contributed by atoms with Crippen LogP contribution in [-0.2, 0) is 0 Å². The summed E-state index contributed by atoms with van der Waals surface area (Å²) in [5, 5.41) is 27.2. The van der Waals surface area contributed by atoms with Crippen molar-refractivity contribution in [2.75, 3.05) is 0 Å². The van der Waals surface area contributed by atoms with Gasteiger partial charge in [0.15, 0.2) is 0 Å². The number of fused-ring (bicyclic) bond motifs is 9. The molecule has 0 N–H and O–H groups in total. The Kier molecular flexibility index (Phi) is 6.61. The lowest BCUT2D eigenvalue weighted by molar-refractivity contribution is 1.16. The summed E-state index contributed by atoms with van der Waals surface area (Å²) in [6, 6.07) is 65.9. The summed E-state index contributed by atoms with van der Waals surface area (Å²) >= 11 is 0. The third kappa shape index (κ3) is 4.39. The lowest BCUT2D eigenvalue weighted by Crippen LogP contribution is -2.00. The largest absolute Gasteiger partial charge is 0.309 e. The zero-order valence-electron chi connectivity index (χ0n) is 29.5. The second-order valence-electron chi connectivity index (χ2n) is 14.0. The normalized spacial score (nSPS) is 11.6. The van der Waals surface area contributed by atoms with Crippen molar-refractivity contribution in [2.24, 2.45) is 0 Å². The van der Waals surface area contributed by atoms with Gasteiger partial charge in [-0.1, -0.05) is 109 Å². The third-order valence-corrected chi connectivity index (χ3v) is 11.1. The molecule has 0 spiro atoms. The molecule has 3 aromatic heterocycles. The molecule has 0 radical (unpaired) electrons. The number of nitrogens with zero attached hydrogens (tertiary/aromatic N) is 5. The van der Waals surface area contributed by atoms with Crippen LogP contribution in [0.1, 0.15) is 11.1 Å². The fourth-order valence-corrected chi connectivity index (χ4v) is 8.83. The summed E-state index contributed by atoms with van der Waals surface area (Å²) in [6.45, 7) is 0. The molecule has 8 aromatic carbocycles. The summed E-state index contributed by atoms with van der Waals surface area (Å²) in [4.78, 5) is 0. The van der Waals surface area contributed by atoms with E-state index in [2.05, 4.69) is 159 Å². The summed E-state index contributed by atoms with van der Waals surface area (Å²) in [5.74, 6) is 0. The highest BCUT2D eigenvalue weighted by Crippen LogP contribution is 2.41. The van der Waals surface area contributed by atoms with E-state index >= 15 is 0 Å². The number of hydrogen-bond donors (Lipinski definition) is 0. The quantitative estimate of drug-likeness (QED) is 0.184. The smallest absolute Gasteiger partial charge is 0.101 e. The Morgan fingerprint density at radius 3 is 1.58 bits per heavy atom. The highest BCUT2D eigenvalue weighted by atomic mass is 15.0. The van der Waals surface area contributed by atoms with E-state index < -0.39 is 0 Å². The topological polar surface area (TPSA) is 62.4 Å². The molecule has 0 saturated carbocycles. The molecule has 0 amide bonds. The van der Waals surface area contributed by atoms with Crippen molar-refractivity contribution in [1.29, 1.82) is 10.5 Å². The molecular formula is C50H29N5. The molecule has 0 aliphatic rings. The van der Waals surface area contributed by atoms with Crippen LogP contribution in [0.15, 0.2) is 176 Å². The first-order valence-corrected chi connectivity index (χ1v) is 18.3. The molecule has 0 saturated heterocycles. The van der Waals surface area contributed by atoms with E-state index in [9.17, 15) is 10.5 Å². The van der Waals surface area contributed by atoms with Crippen LogP contribution in [0.2, 0.25) is 0 Å². The van der Waals surface area contributed by atoms with E-state index in [-0.39, 0.29) is 0 Å². The Morgan fingerprint density at radius 1 is 0.382 bits per heavy atom. The fourth-order valence-electron chi connectivity index (χ4n) is 8.83. The van der Waals surface area contributed by atoms with Gasteiger partial charge in [0.05, 0.1) is 61.7 Å². The molecule has 11 rings (SSSR count). The monoisotopic (exact) mass is 699 g/mol. The molecule has 0 fully saturated rings. The van der Waals surface area contributed by atoms with Gasteiger partial charge in [-0.2, -0.15) is 10.5 Å². The van der Waals surface area contributed by atoms with Gasteiger partial charge in [-0.3, -0.25) is 0 Å². The van der Waals surface area contributed by atoms with Gasteiger partial charge in [-0.05, 0) is 72.3 Å². The van der Waals surface area contributed by atoms with E-state index in [0.717, 1.165) is 61.0 Å². The van der Waals surface area contributed by atoms with E-state index in [0.29, 0.717) is 11.1 Å². The van der Waals surface area contributed by atoms with Crippen molar-refractivity contribution in [1.82, 2.24) is 13.7 Å². The Balaban J connectivity index is 1.12. The predicted octanol–water partition coefficient (Wildman–Crippen LogP) is 12.4. The number of rotatable bonds is 4. The third-order valence-electron chi connectivity index (χ3n) is 11.1. The van der Waals surface area contributed by atoms with Crippen LogP contribution in [0.3, 0.4) is 0 Å². The minimum absolute atomic E-state index is 0.556. The molecular weight excluding hydrogens is 671 g/mol. The molecule has 0 aliphatic carbocycles. The Bertz CT molecular complexity index is 3400. The summed E-state index contributed by atoms with van der Waals surface area (Å²) in [7, 11) is 0. The number of nitriles is 2. The summed E-state index contributed by atoms with van der Waals surface area (Å²) in [6.07, 6.45) is 0. The lowest BCUT2D eigenvalue weighted by Gasteiger charge is -2.16. The van der Waals surface area contributed by atoms with Gasteiger partial charge in [-0.15, -0.1) is 0 Å². The molecule has 254 valence electrons. The zero-order valence-corrected chi connectivity index (χ0v) is 29.5. The highest BCUT2D eigenvalue weighted by molar-refractivity contribution is 6.16. The van der Waals surface area contributed by atoms with E-state index in [1.54, 1.807) is 0 Å². The first kappa shape index (κ1) is 30.7. The van der Waals surface area contributed by atoms with Crippen LogP contribution >= 0.6 is 0 Å². The van der Waals surface area contributed by atoms with Crippen LogP contribution in [0.4, 0.5) is 0 Å². The van der Waals surface area contributed by atoms with Gasteiger partial charge in [0, 0.05) is 43.6 Å². The number of benzene rings is 8. The van der Waals surface area contributed by atoms with Gasteiger partial charge < -0.3 is 13.7 Å². The van der Waals surface area contributed by atoms with Gasteiger partial charge in [-0.25, -0.2) is 0 Å². The Hall–Kier alpha value is -7.86. The van der Waals surface area contributed by atoms with E-state index in [4.69, 9.17) is 0 Å². The molecule has 3 heterocycles. The fraction of sp³-hybridized carbons (Fsp3) is 0. The van der Waals surface area contributed by atoms with Crippen LogP contribution in [0, 0.1) is 22.7 Å². The van der Waals surface area contributed by atoms with Gasteiger partial charge in [0.25, 0.3) is 0 Å². The van der Waals surface area contributed by atoms with Crippen LogP contribution in [0.5, 0.6) is 0 Å². The minimum Gasteiger partial charge on any atom is -0.309 e. The van der Waals surface area contributed by atoms with Crippen molar-refractivity contribution in [2.45, 2.75) is 0 Å². The molecule has 0 bridgehead atoms. The SMILES string of the molecule is N#Cc1ccc(-c2ccc(-n3c4ccccc4c4c(-n5c6ccccc6c6ccccc65)cccc43)cc2)c(-n2c3ccccc3c3cccc(C#N)c32)c1. The first-order chi connectivity index (χ1) is 27.2. The molecule has 5 nitrogen and oxygen atoms in total. The lowest BCUT2D eigenvalue weighted by atomic mass is 10.0. The van der Waals surface area contributed by atoms with E-state index in [1.165, 1.54) is 32.6 Å². The molecule has 0 unspecified atom stereocenters. The number of aromatic nitrogens is 3. The Morgan fingerprint density at radius 2 is 0.927 bits per heavy atom. The highest BCUT2D eigenvalue weighted by Gasteiger charge is 2.21. The van der Waals surface area contributed by atoms with Crippen molar-refractivity contribution < 1.29 is 0 Å². The maximum Gasteiger partial charge on any atom is 0.101 e. The molecule has 0 atom stereocenters. The Labute approximate surface area is 316 Å². The molecule has 5 heteroatoms. The van der Waals surface area contributed by atoms with Crippen LogP contribution in [-0.4, -0.2) is 13.7 Å². The van der Waals surface area contributed by atoms with Gasteiger partial charge >= 0.3 is 0 Å². The van der Waals surface area contributed by atoms with Crippen molar-refractivity contribution >= 4 is 65.4 Å². The van der Waals surface area contributed by atoms with Crippen molar-refractivity contribution in [3.8, 4) is 40.3 Å². The predicted molar refractivity (Wildman–Crippen MR) is 224 cm³/mol. The standard InChI is InChI=1S/C50H29N5/c51-30-32-23-28-36(48(29-32)55-44-19-7-3-14-39(44)40-16-9-11-34(31-52)50(40)55)33-24-26-35(27-25-33)53-45-20-8-4-15-41(45)49-46(53)21-10-22-47(49)54-42-17-5-1-12-37(42)38-13-2-6-18-43(38)54/h1-29H. The minimum atomic E-state index is 0.556. The van der Waals surface area contributed by atoms with Crippen LogP contribution < -0.4 is 0 Å². The summed E-state index contributed by atoms with van der Waals surface area (Å²) < 4.78 is 6.92. The maximum absolute atomic E-state index is 10.2. The first-order valence-electron chi connectivity index (χ1n) is 18.3. The second kappa shape index (κ2) is 11.8. The average Bonchev–Trinajstić information content (AvgIpc) is 3.89. The van der Waals surface area contributed by atoms with Crippen LogP contribution in [0.25, 0.3) is 93.6 Å². The number of para-hydroxylation sites is 5. The molecule has 55 heavy (non-hydrogen) atoms. The van der Waals surface area contributed by atoms with Crippen molar-refractivity contribution in [3.63, 3.8) is 0 Å². The number of hydrogen-bond acceptors (Lipinski definition) is 2. The average molecular weight is 700 g/mol.